The topological polar surface area (TPSA) is 127 Å². The summed E-state index contributed by atoms with van der Waals surface area (Å²) in [5.41, 5.74) is 4.23. The molecule has 9 nitrogen and oxygen atoms in total. The summed E-state index contributed by atoms with van der Waals surface area (Å²) in [4.78, 5) is 29.6. The second-order valence-corrected chi connectivity index (χ2v) is 12.2. The standard InChI is InChI=1S/C35H39NO8/c1-5-13-42-32-24-17-29(35(3,4)40)44-31(24)25(18-37)33-30(32)23(16-28(43-33)34(39)41-6-2)20-8-10-27(38)22(15-20)19-7-9-26-21(14-19)11-12-36-26/h7,9,11-12,14,16,22,29,36-37,40H,5-6,8,10,13,15,17-18H2,1-4H3. The maximum Gasteiger partial charge on any atom is 0.374 e. The number of ketones is 1. The Morgan fingerprint density at radius 2 is 1.95 bits per heavy atom. The first-order valence-electron chi connectivity index (χ1n) is 15.4. The molecule has 2 aliphatic heterocycles. The third kappa shape index (κ3) is 5.28. The Bertz CT molecular complexity index is 1690. The summed E-state index contributed by atoms with van der Waals surface area (Å²) in [7, 11) is 0. The normalized spacial score (nSPS) is 21.3. The largest absolute Gasteiger partial charge is 0.492 e. The number of aromatic nitrogens is 1. The number of carbonyl (C=O) groups excluding carboxylic acids is 2. The third-order valence-corrected chi connectivity index (χ3v) is 8.70. The van der Waals surface area contributed by atoms with Gasteiger partial charge < -0.3 is 34.1 Å². The van der Waals surface area contributed by atoms with Gasteiger partial charge >= 0.3 is 5.97 Å². The summed E-state index contributed by atoms with van der Waals surface area (Å²) in [5.74, 6) is 0.375. The molecule has 232 valence electrons. The maximum atomic E-state index is 13.4. The third-order valence-electron chi connectivity index (χ3n) is 8.70. The van der Waals surface area contributed by atoms with Crippen LogP contribution in [0.4, 0.5) is 0 Å². The average Bonchev–Trinajstić information content (AvgIpc) is 3.66. The molecule has 0 radical (unpaired) electrons. The molecule has 0 spiro atoms. The van der Waals surface area contributed by atoms with E-state index in [2.05, 4.69) is 11.1 Å². The van der Waals surface area contributed by atoms with E-state index in [0.29, 0.717) is 54.9 Å². The van der Waals surface area contributed by atoms with Crippen molar-refractivity contribution in [2.24, 2.45) is 0 Å². The SMILES string of the molecule is CCCOc1c2c(c(CO)c3c1C(=C1CCC(=O)C(c4ccc5[nH]ccc5c4)C1)C=C(C(=O)OCC)O3)OC(C(C)(C)O)C2. The monoisotopic (exact) mass is 601 g/mol. The number of hydrogen-bond acceptors (Lipinski definition) is 8. The minimum absolute atomic E-state index is 0.0165. The lowest BCUT2D eigenvalue weighted by molar-refractivity contribution is -0.141. The Hall–Kier alpha value is -4.08. The van der Waals surface area contributed by atoms with Crippen molar-refractivity contribution in [2.45, 2.75) is 84.0 Å². The highest BCUT2D eigenvalue weighted by Crippen LogP contribution is 2.55. The number of rotatable bonds is 8. The zero-order valence-corrected chi connectivity index (χ0v) is 25.6. The van der Waals surface area contributed by atoms with Crippen molar-refractivity contribution in [1.82, 2.24) is 4.98 Å². The highest BCUT2D eigenvalue weighted by Gasteiger charge is 2.43. The van der Waals surface area contributed by atoms with Gasteiger partial charge in [0.05, 0.1) is 36.5 Å². The van der Waals surface area contributed by atoms with E-state index >= 15 is 0 Å². The molecule has 3 heterocycles. The summed E-state index contributed by atoms with van der Waals surface area (Å²) in [5, 5.41) is 22.6. The Balaban J connectivity index is 1.55. The van der Waals surface area contributed by atoms with Crippen LogP contribution >= 0.6 is 0 Å². The van der Waals surface area contributed by atoms with Crippen molar-refractivity contribution in [3.05, 3.63) is 70.1 Å². The van der Waals surface area contributed by atoms with Gasteiger partial charge in [0.2, 0.25) is 5.76 Å². The van der Waals surface area contributed by atoms with Gasteiger partial charge in [0.25, 0.3) is 0 Å². The highest BCUT2D eigenvalue weighted by molar-refractivity contribution is 5.98. The van der Waals surface area contributed by atoms with Gasteiger partial charge in [0.1, 0.15) is 29.1 Å². The zero-order chi connectivity index (χ0) is 31.2. The van der Waals surface area contributed by atoms with Crippen LogP contribution in [0.5, 0.6) is 17.2 Å². The second-order valence-electron chi connectivity index (χ2n) is 12.2. The van der Waals surface area contributed by atoms with E-state index in [4.69, 9.17) is 18.9 Å². The van der Waals surface area contributed by atoms with E-state index in [1.807, 2.05) is 31.3 Å². The van der Waals surface area contributed by atoms with Crippen LogP contribution in [0.2, 0.25) is 0 Å². The van der Waals surface area contributed by atoms with Crippen LogP contribution in [-0.4, -0.2) is 51.9 Å². The fourth-order valence-corrected chi connectivity index (χ4v) is 6.42. The van der Waals surface area contributed by atoms with Crippen molar-refractivity contribution in [3.8, 4) is 17.2 Å². The summed E-state index contributed by atoms with van der Waals surface area (Å²) in [6.45, 7) is 7.26. The molecule has 0 saturated heterocycles. The van der Waals surface area contributed by atoms with Crippen molar-refractivity contribution in [2.75, 3.05) is 13.2 Å². The van der Waals surface area contributed by atoms with Crippen molar-refractivity contribution < 1.29 is 38.7 Å². The predicted octanol–water partition coefficient (Wildman–Crippen LogP) is 5.65. The summed E-state index contributed by atoms with van der Waals surface area (Å²) in [6.07, 6.45) is 5.41. The number of Topliss-reactive ketones (excluding diaryl/α,β-unsaturated/α-hetero) is 1. The predicted molar refractivity (Wildman–Crippen MR) is 165 cm³/mol. The van der Waals surface area contributed by atoms with Crippen LogP contribution < -0.4 is 14.2 Å². The number of aromatic amines is 1. The smallest absolute Gasteiger partial charge is 0.374 e. The number of ether oxygens (including phenoxy) is 4. The average molecular weight is 602 g/mol. The Morgan fingerprint density at radius 3 is 2.68 bits per heavy atom. The zero-order valence-electron chi connectivity index (χ0n) is 25.6. The fraction of sp³-hybridized carbons (Fsp3) is 0.429. The van der Waals surface area contributed by atoms with Gasteiger partial charge in [-0.3, -0.25) is 4.79 Å². The number of fused-ring (bicyclic) bond motifs is 3. The lowest BCUT2D eigenvalue weighted by Gasteiger charge is -2.30. The molecule has 44 heavy (non-hydrogen) atoms. The molecule has 2 atom stereocenters. The van der Waals surface area contributed by atoms with Gasteiger partial charge in [0, 0.05) is 36.0 Å². The number of nitrogens with one attached hydrogen (secondary N) is 1. The molecule has 9 heteroatoms. The van der Waals surface area contributed by atoms with E-state index in [-0.39, 0.29) is 29.8 Å². The molecule has 3 N–H and O–H groups in total. The first-order valence-corrected chi connectivity index (χ1v) is 15.4. The molecule has 1 saturated carbocycles. The van der Waals surface area contributed by atoms with E-state index in [9.17, 15) is 19.8 Å². The number of benzene rings is 2. The first-order chi connectivity index (χ1) is 21.1. The number of H-pyrrole nitrogens is 1. The molecular formula is C35H39NO8. The minimum atomic E-state index is -1.16. The van der Waals surface area contributed by atoms with E-state index in [1.165, 1.54) is 0 Å². The number of hydrogen-bond donors (Lipinski definition) is 3. The maximum absolute atomic E-state index is 13.4. The van der Waals surface area contributed by atoms with Crippen molar-refractivity contribution >= 4 is 28.2 Å². The van der Waals surface area contributed by atoms with Crippen LogP contribution in [0.1, 0.15) is 81.5 Å². The van der Waals surface area contributed by atoms with Gasteiger partial charge in [-0.05, 0) is 80.8 Å². The Labute approximate surface area is 256 Å². The molecule has 1 fully saturated rings. The van der Waals surface area contributed by atoms with Crippen molar-refractivity contribution in [3.63, 3.8) is 0 Å². The van der Waals surface area contributed by atoms with Crippen LogP contribution in [0.25, 0.3) is 16.5 Å². The lowest BCUT2D eigenvalue weighted by Crippen LogP contribution is -2.39. The molecule has 3 aromatic rings. The minimum Gasteiger partial charge on any atom is -0.492 e. The number of carbonyl (C=O) groups is 2. The van der Waals surface area contributed by atoms with Gasteiger partial charge in [-0.2, -0.15) is 0 Å². The summed E-state index contributed by atoms with van der Waals surface area (Å²) >= 11 is 0. The number of aliphatic hydroxyl groups excluding tert-OH is 1. The van der Waals surface area contributed by atoms with Crippen molar-refractivity contribution in [1.29, 1.82) is 0 Å². The van der Waals surface area contributed by atoms with Crippen LogP contribution in [-0.2, 0) is 27.4 Å². The molecule has 0 bridgehead atoms. The molecular weight excluding hydrogens is 562 g/mol. The Morgan fingerprint density at radius 1 is 1.14 bits per heavy atom. The molecule has 1 aliphatic carbocycles. The fourth-order valence-electron chi connectivity index (χ4n) is 6.42. The number of esters is 1. The van der Waals surface area contributed by atoms with Gasteiger partial charge in [-0.25, -0.2) is 4.79 Å². The first kappa shape index (κ1) is 30.0. The van der Waals surface area contributed by atoms with Crippen LogP contribution in [0, 0.1) is 0 Å². The van der Waals surface area contributed by atoms with Crippen LogP contribution in [0.3, 0.4) is 0 Å². The molecule has 2 unspecified atom stereocenters. The number of aliphatic hydroxyl groups is 2. The van der Waals surface area contributed by atoms with Gasteiger partial charge in [-0.1, -0.05) is 18.6 Å². The molecule has 0 amide bonds. The number of allylic oxidation sites excluding steroid dienone is 3. The Kier molecular flexibility index (Phi) is 8.02. The lowest BCUT2D eigenvalue weighted by atomic mass is 9.76. The second kappa shape index (κ2) is 11.8. The van der Waals surface area contributed by atoms with E-state index in [0.717, 1.165) is 39.6 Å². The molecule has 1 aromatic heterocycles. The summed E-state index contributed by atoms with van der Waals surface area (Å²) < 4.78 is 24.2. The quantitative estimate of drug-likeness (QED) is 0.283. The van der Waals surface area contributed by atoms with Gasteiger partial charge in [0.15, 0.2) is 0 Å². The molecule has 6 rings (SSSR count). The highest BCUT2D eigenvalue weighted by atomic mass is 16.6. The van der Waals surface area contributed by atoms with E-state index < -0.39 is 24.3 Å². The van der Waals surface area contributed by atoms with E-state index in [1.54, 1.807) is 26.8 Å². The van der Waals surface area contributed by atoms with Gasteiger partial charge in [-0.15, -0.1) is 0 Å². The molecule has 2 aromatic carbocycles. The van der Waals surface area contributed by atoms with Crippen LogP contribution in [0.15, 0.2) is 47.9 Å². The molecule has 3 aliphatic rings. The summed E-state index contributed by atoms with van der Waals surface area (Å²) in [6, 6.07) is 8.04.